The van der Waals surface area contributed by atoms with Gasteiger partial charge in [-0.15, -0.1) is 0 Å². The van der Waals surface area contributed by atoms with Crippen molar-refractivity contribution in [1.82, 2.24) is 0 Å². The summed E-state index contributed by atoms with van der Waals surface area (Å²) in [5.41, 5.74) is -0.00466. The lowest BCUT2D eigenvalue weighted by Gasteiger charge is -2.07. The summed E-state index contributed by atoms with van der Waals surface area (Å²) in [5.74, 6) is -4.70. The van der Waals surface area contributed by atoms with Crippen LogP contribution in [0.5, 0.6) is 23.0 Å². The number of allylic oxidation sites excluding steroid dienone is 7. The molecule has 0 saturated carbocycles. The van der Waals surface area contributed by atoms with Crippen molar-refractivity contribution in [3.05, 3.63) is 89.1 Å². The Morgan fingerprint density at radius 1 is 0.719 bits per heavy atom. The SMILES string of the molecule is O=C1C=CC(C=CC(=O)c2cc(O)cc(C(=O)C=Cc3ccc(O)c(O)c3)c2O)=CC1=O. The van der Waals surface area contributed by atoms with Crippen LogP contribution in [0.15, 0.2) is 72.4 Å². The molecule has 0 bridgehead atoms. The van der Waals surface area contributed by atoms with Gasteiger partial charge < -0.3 is 20.4 Å². The minimum absolute atomic E-state index is 0.291. The highest BCUT2D eigenvalue weighted by Gasteiger charge is 2.19. The van der Waals surface area contributed by atoms with Crippen LogP contribution in [-0.2, 0) is 9.59 Å². The van der Waals surface area contributed by atoms with Gasteiger partial charge in [-0.2, -0.15) is 0 Å². The molecule has 0 saturated heterocycles. The molecule has 32 heavy (non-hydrogen) atoms. The molecule has 3 rings (SSSR count). The zero-order chi connectivity index (χ0) is 23.4. The van der Waals surface area contributed by atoms with Gasteiger partial charge in [-0.25, -0.2) is 0 Å². The molecule has 1 aliphatic rings. The molecule has 2 aromatic carbocycles. The van der Waals surface area contributed by atoms with Crippen molar-refractivity contribution in [1.29, 1.82) is 0 Å². The Kier molecular flexibility index (Phi) is 6.16. The topological polar surface area (TPSA) is 149 Å². The average Bonchev–Trinajstić information content (AvgIpc) is 2.76. The Morgan fingerprint density at radius 3 is 1.94 bits per heavy atom. The molecule has 8 nitrogen and oxygen atoms in total. The Morgan fingerprint density at radius 2 is 1.34 bits per heavy atom. The van der Waals surface area contributed by atoms with Crippen LogP contribution in [0.2, 0.25) is 0 Å². The summed E-state index contributed by atoms with van der Waals surface area (Å²) < 4.78 is 0. The van der Waals surface area contributed by atoms with E-state index in [0.717, 1.165) is 36.4 Å². The van der Waals surface area contributed by atoms with E-state index >= 15 is 0 Å². The van der Waals surface area contributed by atoms with Crippen LogP contribution in [0.25, 0.3) is 6.08 Å². The molecule has 0 aliphatic heterocycles. The maximum Gasteiger partial charge on any atom is 0.226 e. The summed E-state index contributed by atoms with van der Waals surface area (Å²) in [4.78, 5) is 47.6. The van der Waals surface area contributed by atoms with Crippen molar-refractivity contribution in [2.24, 2.45) is 0 Å². The molecule has 0 spiro atoms. The van der Waals surface area contributed by atoms with Crippen LogP contribution in [0.1, 0.15) is 26.3 Å². The summed E-state index contributed by atoms with van der Waals surface area (Å²) in [5, 5.41) is 39.2. The minimum atomic E-state index is -0.751. The molecular formula is C24H16O8. The first-order valence-electron chi connectivity index (χ1n) is 9.16. The molecule has 0 radical (unpaired) electrons. The number of aromatic hydroxyl groups is 4. The van der Waals surface area contributed by atoms with Crippen LogP contribution < -0.4 is 0 Å². The fraction of sp³-hybridized carbons (Fsp3) is 0. The highest BCUT2D eigenvalue weighted by molar-refractivity contribution is 6.46. The van der Waals surface area contributed by atoms with Crippen molar-refractivity contribution in [3.8, 4) is 23.0 Å². The van der Waals surface area contributed by atoms with Gasteiger partial charge in [0, 0.05) is 0 Å². The Balaban J connectivity index is 1.85. The number of carbonyl (C=O) groups excluding carboxylic acids is 4. The van der Waals surface area contributed by atoms with E-state index in [2.05, 4.69) is 0 Å². The summed E-state index contributed by atoms with van der Waals surface area (Å²) in [6, 6.07) is 5.87. The van der Waals surface area contributed by atoms with Gasteiger partial charge in [0.05, 0.1) is 11.1 Å². The number of hydrogen-bond donors (Lipinski definition) is 4. The van der Waals surface area contributed by atoms with E-state index in [0.29, 0.717) is 11.1 Å². The van der Waals surface area contributed by atoms with Crippen LogP contribution >= 0.6 is 0 Å². The van der Waals surface area contributed by atoms with Gasteiger partial charge in [-0.1, -0.05) is 24.3 Å². The van der Waals surface area contributed by atoms with Gasteiger partial charge in [0.15, 0.2) is 23.1 Å². The van der Waals surface area contributed by atoms with Gasteiger partial charge in [0.1, 0.15) is 11.5 Å². The van der Waals surface area contributed by atoms with Crippen LogP contribution in [0, 0.1) is 0 Å². The smallest absolute Gasteiger partial charge is 0.226 e. The summed E-state index contributed by atoms with van der Waals surface area (Å²) in [6.07, 6.45) is 8.11. The lowest BCUT2D eigenvalue weighted by atomic mass is 9.99. The molecule has 0 aromatic heterocycles. The van der Waals surface area contributed by atoms with Crippen molar-refractivity contribution < 1.29 is 39.6 Å². The van der Waals surface area contributed by atoms with Crippen LogP contribution in [0.4, 0.5) is 0 Å². The third-order valence-corrected chi connectivity index (χ3v) is 4.45. The third kappa shape index (κ3) is 4.88. The minimum Gasteiger partial charge on any atom is -0.508 e. The molecule has 1 aliphatic carbocycles. The number of carbonyl (C=O) groups is 4. The van der Waals surface area contributed by atoms with Crippen molar-refractivity contribution >= 4 is 29.2 Å². The Bertz CT molecular complexity index is 1280. The highest BCUT2D eigenvalue weighted by Crippen LogP contribution is 2.30. The summed E-state index contributed by atoms with van der Waals surface area (Å²) in [6.45, 7) is 0. The van der Waals surface area contributed by atoms with Gasteiger partial charge in [-0.05, 0) is 59.7 Å². The van der Waals surface area contributed by atoms with Crippen LogP contribution in [-0.4, -0.2) is 43.6 Å². The van der Waals surface area contributed by atoms with E-state index in [4.69, 9.17) is 0 Å². The predicted octanol–water partition coefficient (Wildman–Crippen LogP) is 2.78. The number of hydrogen-bond acceptors (Lipinski definition) is 8. The van der Waals surface area contributed by atoms with Crippen LogP contribution in [0.3, 0.4) is 0 Å². The van der Waals surface area contributed by atoms with Crippen molar-refractivity contribution in [3.63, 3.8) is 0 Å². The lowest BCUT2D eigenvalue weighted by molar-refractivity contribution is -0.131. The monoisotopic (exact) mass is 432 g/mol. The molecule has 0 heterocycles. The first-order valence-corrected chi connectivity index (χ1v) is 9.16. The fourth-order valence-corrected chi connectivity index (χ4v) is 2.79. The molecule has 2 aromatic rings. The van der Waals surface area contributed by atoms with E-state index in [1.165, 1.54) is 36.4 Å². The van der Waals surface area contributed by atoms with E-state index in [1.54, 1.807) is 0 Å². The molecule has 0 atom stereocenters. The first-order chi connectivity index (χ1) is 15.2. The fourth-order valence-electron chi connectivity index (χ4n) is 2.79. The standard InChI is InChI=1S/C24H16O8/c25-15-11-16(18(26)5-1-13-3-7-20(28)22(30)9-13)24(32)17(12-15)19(27)6-2-14-4-8-21(29)23(31)10-14/h1-12,25,28,30,32H. The Hall–Kier alpha value is -4.72. The highest BCUT2D eigenvalue weighted by atomic mass is 16.3. The first kappa shape index (κ1) is 22.0. The van der Waals surface area contributed by atoms with E-state index < -0.39 is 34.6 Å². The second kappa shape index (κ2) is 8.97. The normalized spacial score (nSPS) is 13.7. The number of ketones is 4. The van der Waals surface area contributed by atoms with Crippen molar-refractivity contribution in [2.45, 2.75) is 0 Å². The van der Waals surface area contributed by atoms with E-state index in [-0.39, 0.29) is 22.6 Å². The largest absolute Gasteiger partial charge is 0.508 e. The molecule has 0 unspecified atom stereocenters. The second-order valence-electron chi connectivity index (χ2n) is 6.74. The number of rotatable bonds is 6. The van der Waals surface area contributed by atoms with Crippen molar-refractivity contribution in [2.75, 3.05) is 0 Å². The van der Waals surface area contributed by atoms with E-state index in [9.17, 15) is 39.6 Å². The molecule has 4 N–H and O–H groups in total. The zero-order valence-electron chi connectivity index (χ0n) is 16.4. The second-order valence-corrected chi connectivity index (χ2v) is 6.74. The predicted molar refractivity (Wildman–Crippen MR) is 114 cm³/mol. The molecular weight excluding hydrogens is 416 g/mol. The molecule has 8 heteroatoms. The van der Waals surface area contributed by atoms with Gasteiger partial charge in [-0.3, -0.25) is 19.2 Å². The number of phenols is 4. The number of phenolic OH excluding ortho intramolecular Hbond substituents is 4. The maximum absolute atomic E-state index is 12.5. The summed E-state index contributed by atoms with van der Waals surface area (Å²) >= 11 is 0. The van der Waals surface area contributed by atoms with Gasteiger partial charge in [0.25, 0.3) is 0 Å². The quantitative estimate of drug-likeness (QED) is 0.136. The lowest BCUT2D eigenvalue weighted by Crippen LogP contribution is -2.11. The van der Waals surface area contributed by atoms with Gasteiger partial charge >= 0.3 is 0 Å². The average molecular weight is 432 g/mol. The van der Waals surface area contributed by atoms with E-state index in [1.807, 2.05) is 0 Å². The molecule has 0 amide bonds. The summed E-state index contributed by atoms with van der Waals surface area (Å²) in [7, 11) is 0. The molecule has 160 valence electrons. The Labute approximate surface area is 181 Å². The number of benzene rings is 2. The molecule has 0 fully saturated rings. The van der Waals surface area contributed by atoms with Gasteiger partial charge in [0.2, 0.25) is 11.6 Å². The zero-order valence-corrected chi connectivity index (χ0v) is 16.4. The third-order valence-electron chi connectivity index (χ3n) is 4.45. The maximum atomic E-state index is 12.5.